The maximum Gasteiger partial charge on any atom is 0.339 e. The molecule has 0 aliphatic rings. The highest BCUT2D eigenvalue weighted by Crippen LogP contribution is 2.30. The molecule has 2 aromatic heterocycles. The number of nitrogens with zero attached hydrogens (tertiary/aromatic N) is 4. The van der Waals surface area contributed by atoms with E-state index in [-0.39, 0.29) is 24.3 Å². The summed E-state index contributed by atoms with van der Waals surface area (Å²) in [4.78, 5) is 29.5. The zero-order valence-corrected chi connectivity index (χ0v) is 16.9. The lowest BCUT2D eigenvalue weighted by atomic mass is 9.99. The summed E-state index contributed by atoms with van der Waals surface area (Å²) in [5, 5.41) is 2.83. The number of hydrogen-bond acceptors (Lipinski definition) is 8. The number of benzene rings is 3. The Hall–Kier alpha value is -4.59. The third-order valence-corrected chi connectivity index (χ3v) is 5.05. The number of para-hydroxylation sites is 1. The first-order valence-electron chi connectivity index (χ1n) is 9.89. The summed E-state index contributed by atoms with van der Waals surface area (Å²) in [6.07, 6.45) is 0. The van der Waals surface area contributed by atoms with Crippen molar-refractivity contribution in [1.82, 2.24) is 19.9 Å². The molecule has 0 bridgehead atoms. The molecule has 5 rings (SSSR count). The number of aromatic nitrogens is 4. The molecule has 4 N–H and O–H groups in total. The van der Waals surface area contributed by atoms with Gasteiger partial charge in [0.2, 0.25) is 11.9 Å². The molecular weight excluding hydrogens is 404 g/mol. The van der Waals surface area contributed by atoms with Crippen molar-refractivity contribution in [1.29, 1.82) is 0 Å². The first kappa shape index (κ1) is 19.4. The summed E-state index contributed by atoms with van der Waals surface area (Å²) in [7, 11) is 0. The molecule has 0 spiro atoms. The molecule has 0 radical (unpaired) electrons. The van der Waals surface area contributed by atoms with E-state index in [9.17, 15) is 4.79 Å². The Morgan fingerprint density at radius 2 is 1.47 bits per heavy atom. The lowest BCUT2D eigenvalue weighted by Gasteiger charge is -2.11. The minimum Gasteiger partial charge on any atom is -0.454 e. The number of pyridine rings is 1. The molecule has 32 heavy (non-hydrogen) atoms. The van der Waals surface area contributed by atoms with E-state index in [1.807, 2.05) is 66.7 Å². The van der Waals surface area contributed by atoms with E-state index in [4.69, 9.17) is 21.2 Å². The topological polar surface area (TPSA) is 130 Å². The third kappa shape index (κ3) is 3.65. The Labute approximate surface area is 182 Å². The van der Waals surface area contributed by atoms with Crippen LogP contribution in [0.3, 0.4) is 0 Å². The maximum atomic E-state index is 13.1. The summed E-state index contributed by atoms with van der Waals surface area (Å²) in [5.41, 5.74) is 13.9. The van der Waals surface area contributed by atoms with Crippen LogP contribution in [0.15, 0.2) is 72.8 Å². The monoisotopic (exact) mass is 422 g/mol. The van der Waals surface area contributed by atoms with Crippen LogP contribution in [-0.2, 0) is 11.3 Å². The largest absolute Gasteiger partial charge is 0.454 e. The van der Waals surface area contributed by atoms with Crippen molar-refractivity contribution in [2.75, 3.05) is 11.5 Å². The summed E-state index contributed by atoms with van der Waals surface area (Å²) < 4.78 is 5.48. The molecule has 5 aromatic rings. The van der Waals surface area contributed by atoms with Gasteiger partial charge in [0.1, 0.15) is 0 Å². The highest BCUT2D eigenvalue weighted by Gasteiger charge is 2.17. The minimum atomic E-state index is -0.525. The van der Waals surface area contributed by atoms with Crippen LogP contribution in [0.4, 0.5) is 11.9 Å². The van der Waals surface area contributed by atoms with Gasteiger partial charge in [-0.2, -0.15) is 15.0 Å². The second-order valence-corrected chi connectivity index (χ2v) is 7.14. The van der Waals surface area contributed by atoms with E-state index >= 15 is 0 Å². The van der Waals surface area contributed by atoms with Gasteiger partial charge in [0, 0.05) is 10.9 Å². The van der Waals surface area contributed by atoms with Gasteiger partial charge in [-0.3, -0.25) is 0 Å². The zero-order valence-electron chi connectivity index (χ0n) is 16.9. The molecule has 0 saturated heterocycles. The Morgan fingerprint density at radius 1 is 0.781 bits per heavy atom. The van der Waals surface area contributed by atoms with Crippen molar-refractivity contribution < 1.29 is 9.53 Å². The number of hydrogen-bond donors (Lipinski definition) is 2. The van der Waals surface area contributed by atoms with Gasteiger partial charge < -0.3 is 16.2 Å². The number of ether oxygens (including phenoxy) is 1. The second kappa shape index (κ2) is 7.92. The second-order valence-electron chi connectivity index (χ2n) is 7.14. The molecule has 156 valence electrons. The summed E-state index contributed by atoms with van der Waals surface area (Å²) in [6.45, 7) is -0.185. The van der Waals surface area contributed by atoms with E-state index in [0.29, 0.717) is 22.2 Å². The van der Waals surface area contributed by atoms with Crippen molar-refractivity contribution in [3.8, 4) is 11.3 Å². The van der Waals surface area contributed by atoms with Gasteiger partial charge in [0.15, 0.2) is 12.4 Å². The van der Waals surface area contributed by atoms with Crippen LogP contribution in [0.2, 0.25) is 0 Å². The fourth-order valence-corrected chi connectivity index (χ4v) is 3.66. The smallest absolute Gasteiger partial charge is 0.339 e. The van der Waals surface area contributed by atoms with Crippen molar-refractivity contribution in [3.63, 3.8) is 0 Å². The molecule has 2 heterocycles. The van der Waals surface area contributed by atoms with E-state index < -0.39 is 5.97 Å². The van der Waals surface area contributed by atoms with E-state index in [1.54, 1.807) is 6.07 Å². The number of fused-ring (bicyclic) bond motifs is 2. The van der Waals surface area contributed by atoms with Gasteiger partial charge in [-0.1, -0.05) is 60.7 Å². The van der Waals surface area contributed by atoms with Gasteiger partial charge in [-0.05, 0) is 22.9 Å². The average Bonchev–Trinajstić information content (AvgIpc) is 2.81. The number of esters is 1. The predicted octanol–water partition coefficient (Wildman–Crippen LogP) is 3.76. The Kier molecular flexibility index (Phi) is 4.79. The number of anilines is 2. The molecule has 0 aliphatic heterocycles. The van der Waals surface area contributed by atoms with Gasteiger partial charge >= 0.3 is 5.97 Å². The zero-order chi connectivity index (χ0) is 22.1. The lowest BCUT2D eigenvalue weighted by Crippen LogP contribution is -2.11. The lowest BCUT2D eigenvalue weighted by molar-refractivity contribution is 0.0464. The Morgan fingerprint density at radius 3 is 2.28 bits per heavy atom. The van der Waals surface area contributed by atoms with Crippen LogP contribution in [0.25, 0.3) is 32.9 Å². The maximum absolute atomic E-state index is 13.1. The van der Waals surface area contributed by atoms with E-state index in [2.05, 4.69) is 15.0 Å². The fourth-order valence-electron chi connectivity index (χ4n) is 3.66. The van der Waals surface area contributed by atoms with Crippen LogP contribution in [0.5, 0.6) is 0 Å². The molecular formula is C24H18N6O2. The standard InChI is InChI=1S/C24H18N6O2/c25-23-28-21(29-24(26)30-23)13-32-22(31)18-12-20(27-19-11-4-3-9-17(18)19)16-10-5-7-14-6-1-2-8-15(14)16/h1-12H,13H2,(H4,25,26,28,29,30). The third-order valence-electron chi connectivity index (χ3n) is 5.05. The molecule has 0 unspecified atom stereocenters. The van der Waals surface area contributed by atoms with Crippen molar-refractivity contribution in [2.24, 2.45) is 0 Å². The molecule has 0 aliphatic carbocycles. The van der Waals surface area contributed by atoms with Crippen LogP contribution >= 0.6 is 0 Å². The van der Waals surface area contributed by atoms with Crippen molar-refractivity contribution >= 4 is 39.5 Å². The number of carbonyl (C=O) groups excluding carboxylic acids is 1. The molecule has 0 fully saturated rings. The average molecular weight is 422 g/mol. The van der Waals surface area contributed by atoms with E-state index in [1.165, 1.54) is 0 Å². The Balaban J connectivity index is 1.57. The molecule has 8 nitrogen and oxygen atoms in total. The van der Waals surface area contributed by atoms with Crippen molar-refractivity contribution in [2.45, 2.75) is 6.61 Å². The quantitative estimate of drug-likeness (QED) is 0.419. The number of nitrogens with two attached hydrogens (primary N) is 2. The summed E-state index contributed by atoms with van der Waals surface area (Å²) in [5.74, 6) is -0.411. The van der Waals surface area contributed by atoms with E-state index in [0.717, 1.165) is 16.3 Å². The first-order chi connectivity index (χ1) is 15.6. The SMILES string of the molecule is Nc1nc(N)nc(COC(=O)c2cc(-c3cccc4ccccc34)nc3ccccc23)n1. The molecule has 8 heteroatoms. The number of nitrogen functional groups attached to an aromatic ring is 2. The van der Waals surface area contributed by atoms with Gasteiger partial charge in [0.25, 0.3) is 0 Å². The van der Waals surface area contributed by atoms with Crippen LogP contribution in [0.1, 0.15) is 16.2 Å². The van der Waals surface area contributed by atoms with Gasteiger partial charge in [-0.15, -0.1) is 0 Å². The molecule has 0 saturated carbocycles. The van der Waals surface area contributed by atoms with Crippen LogP contribution in [0, 0.1) is 0 Å². The first-order valence-corrected chi connectivity index (χ1v) is 9.89. The molecule has 0 amide bonds. The predicted molar refractivity (Wildman–Crippen MR) is 122 cm³/mol. The minimum absolute atomic E-state index is 0.0313. The van der Waals surface area contributed by atoms with Crippen molar-refractivity contribution in [3.05, 3.63) is 84.2 Å². The summed E-state index contributed by atoms with van der Waals surface area (Å²) >= 11 is 0. The number of rotatable bonds is 4. The number of carbonyl (C=O) groups is 1. The normalized spacial score (nSPS) is 11.0. The molecule has 0 atom stereocenters. The van der Waals surface area contributed by atoms with Gasteiger partial charge in [-0.25, -0.2) is 9.78 Å². The molecule has 3 aromatic carbocycles. The Bertz CT molecular complexity index is 1460. The van der Waals surface area contributed by atoms with Crippen LogP contribution < -0.4 is 11.5 Å². The van der Waals surface area contributed by atoms with Crippen LogP contribution in [-0.4, -0.2) is 25.9 Å². The highest BCUT2D eigenvalue weighted by molar-refractivity contribution is 6.06. The highest BCUT2D eigenvalue weighted by atomic mass is 16.5. The van der Waals surface area contributed by atoms with Gasteiger partial charge in [0.05, 0.1) is 16.8 Å². The summed E-state index contributed by atoms with van der Waals surface area (Å²) in [6, 6.07) is 23.3. The fraction of sp³-hybridized carbons (Fsp3) is 0.0417.